The van der Waals surface area contributed by atoms with E-state index in [4.69, 9.17) is 4.74 Å². The first-order chi connectivity index (χ1) is 30.6. The molecule has 0 spiro atoms. The molecule has 0 saturated carbocycles. The van der Waals surface area contributed by atoms with Crippen LogP contribution < -0.4 is 5.32 Å². The zero-order valence-corrected chi connectivity index (χ0v) is 39.3. The molecule has 5 rings (SSSR count). The van der Waals surface area contributed by atoms with Crippen molar-refractivity contribution in [1.82, 2.24) is 10.2 Å². The van der Waals surface area contributed by atoms with Crippen LogP contribution in [0.2, 0.25) is 0 Å². The first-order valence-corrected chi connectivity index (χ1v) is 23.3. The van der Waals surface area contributed by atoms with Crippen LogP contribution in [0.15, 0.2) is 84.9 Å². The lowest BCUT2D eigenvalue weighted by atomic mass is 9.86. The fraction of sp³-hybridized carbons (Fsp3) is 0.455. The zero-order chi connectivity index (χ0) is 46.5. The summed E-state index contributed by atoms with van der Waals surface area (Å²) in [4.78, 5) is 84.4. The zero-order valence-electron chi connectivity index (χ0n) is 39.3. The minimum atomic E-state index is -1.04. The molecule has 2 amide bonds. The number of fused-ring (bicyclic) bond motifs is 5. The predicted octanol–water partition coefficient (Wildman–Crippen LogP) is 10.7. The third-order valence-corrected chi connectivity index (χ3v) is 12.8. The van der Waals surface area contributed by atoms with E-state index in [0.29, 0.717) is 17.5 Å². The number of likely N-dealkylation sites (N-methyl/N-ethyl adjacent to an activating group) is 1. The average molecular weight is 869 g/mol. The van der Waals surface area contributed by atoms with Crippen LogP contribution in [0.1, 0.15) is 136 Å². The van der Waals surface area contributed by atoms with E-state index in [0.717, 1.165) is 77.5 Å². The summed E-state index contributed by atoms with van der Waals surface area (Å²) < 4.78 is 5.05. The third-order valence-electron chi connectivity index (χ3n) is 12.8. The van der Waals surface area contributed by atoms with Crippen LogP contribution in [-0.2, 0) is 41.6 Å². The number of benzene rings is 4. The summed E-state index contributed by atoms with van der Waals surface area (Å²) in [5.74, 6) is -3.56. The second-order valence-electron chi connectivity index (χ2n) is 18.2. The minimum Gasteiger partial charge on any atom is -0.467 e. The fourth-order valence-electron chi connectivity index (χ4n) is 8.92. The van der Waals surface area contributed by atoms with Crippen LogP contribution in [-0.4, -0.2) is 60.2 Å². The first kappa shape index (κ1) is 49.3. The molecule has 0 radical (unpaired) electrons. The van der Waals surface area contributed by atoms with E-state index in [1.165, 1.54) is 17.6 Å². The molecule has 9 nitrogen and oxygen atoms in total. The lowest BCUT2D eigenvalue weighted by molar-refractivity contribution is -0.146. The lowest BCUT2D eigenvalue weighted by Crippen LogP contribution is -2.46. The van der Waals surface area contributed by atoms with Gasteiger partial charge in [0.15, 0.2) is 11.6 Å². The minimum absolute atomic E-state index is 0.00286. The Morgan fingerprint density at radius 3 is 2.03 bits per heavy atom. The predicted molar refractivity (Wildman–Crippen MR) is 254 cm³/mol. The standard InChI is InChI=1S/C55H68N2O7/c1-9-11-13-15-45(33-46(58)28-35(3)29-50(59)43-26-24-42(25-27-43)41-22-19-39(20-23-41)14-12-10-2)54(62)57(7)52-44-21-17-37(5)48(34-44)47-31-40(18-16-36(47)4)32-49(55(63)64-8)56-53(61)38(6)30-51(52)60/h16-27,31,34-35,38,45,49,52H,9-15,28-30,32-33H2,1-8H3,(H,56,61)/t35?,38-,45-,49+,52+/m1/s1. The molecule has 64 heavy (non-hydrogen) atoms. The van der Waals surface area contributed by atoms with Crippen LogP contribution in [0.25, 0.3) is 22.3 Å². The van der Waals surface area contributed by atoms with Crippen LogP contribution in [0, 0.1) is 31.6 Å². The summed E-state index contributed by atoms with van der Waals surface area (Å²) in [6.07, 6.45) is 6.79. The van der Waals surface area contributed by atoms with Crippen molar-refractivity contribution < 1.29 is 33.5 Å². The second-order valence-corrected chi connectivity index (χ2v) is 18.2. The van der Waals surface area contributed by atoms with Gasteiger partial charge in [-0.25, -0.2) is 4.79 Å². The molecule has 1 aliphatic rings. The molecule has 0 aliphatic carbocycles. The smallest absolute Gasteiger partial charge is 0.328 e. The number of amides is 2. The van der Waals surface area contributed by atoms with Gasteiger partial charge in [0.25, 0.3) is 0 Å². The Hall–Kier alpha value is -5.70. The number of methoxy groups -OCH3 is 1. The molecule has 1 N–H and O–H groups in total. The average Bonchev–Trinajstić information content (AvgIpc) is 3.28. The number of esters is 1. The number of nitrogens with zero attached hydrogens (tertiary/aromatic N) is 1. The summed E-state index contributed by atoms with van der Waals surface area (Å²) in [6.45, 7) is 11.8. The summed E-state index contributed by atoms with van der Waals surface area (Å²) in [7, 11) is 2.89. The molecular formula is C55H68N2O7. The van der Waals surface area contributed by atoms with E-state index >= 15 is 0 Å². The van der Waals surface area contributed by atoms with Gasteiger partial charge in [0.1, 0.15) is 17.9 Å². The van der Waals surface area contributed by atoms with E-state index in [1.54, 1.807) is 14.0 Å². The van der Waals surface area contributed by atoms with Gasteiger partial charge in [0.2, 0.25) is 11.8 Å². The summed E-state index contributed by atoms with van der Waals surface area (Å²) >= 11 is 0. The maximum atomic E-state index is 14.7. The van der Waals surface area contributed by atoms with Crippen molar-refractivity contribution >= 4 is 35.1 Å². The van der Waals surface area contributed by atoms with Gasteiger partial charge < -0.3 is 15.0 Å². The summed E-state index contributed by atoms with van der Waals surface area (Å²) in [6, 6.07) is 25.9. The highest BCUT2D eigenvalue weighted by molar-refractivity contribution is 5.98. The maximum absolute atomic E-state index is 14.7. The maximum Gasteiger partial charge on any atom is 0.328 e. The Labute approximate surface area is 380 Å². The second kappa shape index (κ2) is 23.3. The Morgan fingerprint density at radius 2 is 1.39 bits per heavy atom. The normalized spacial score (nSPS) is 17.4. The van der Waals surface area contributed by atoms with E-state index in [9.17, 15) is 28.8 Å². The number of carbonyl (C=O) groups is 6. The van der Waals surface area contributed by atoms with Gasteiger partial charge in [-0.15, -0.1) is 0 Å². The molecule has 9 heteroatoms. The Morgan fingerprint density at radius 1 is 0.766 bits per heavy atom. The SMILES string of the molecule is CCCCC[C@H](CC(=O)CC(C)CC(=O)c1ccc(-c2ccc(CCCC)cc2)cc1)C(=O)N(C)[C@@H]1C(=O)C[C@@H](C)C(=O)N[C@H](C(=O)OC)Cc2ccc(C)c(c2)-c2cc1ccc2C. The van der Waals surface area contributed by atoms with Crippen LogP contribution >= 0.6 is 0 Å². The molecule has 1 aliphatic heterocycles. The number of ketones is 3. The van der Waals surface area contributed by atoms with Gasteiger partial charge in [-0.1, -0.05) is 132 Å². The number of hydrogen-bond donors (Lipinski definition) is 1. The molecule has 340 valence electrons. The highest BCUT2D eigenvalue weighted by atomic mass is 16.5. The summed E-state index contributed by atoms with van der Waals surface area (Å²) in [5.41, 5.74) is 9.25. The van der Waals surface area contributed by atoms with Crippen LogP contribution in [0.3, 0.4) is 0 Å². The van der Waals surface area contributed by atoms with Gasteiger partial charge in [-0.3, -0.25) is 24.0 Å². The Kier molecular flexibility index (Phi) is 18.0. The monoisotopic (exact) mass is 869 g/mol. The van der Waals surface area contributed by atoms with Crippen molar-refractivity contribution in [2.75, 3.05) is 14.2 Å². The molecule has 4 aromatic carbocycles. The van der Waals surface area contributed by atoms with Crippen molar-refractivity contribution in [3.8, 4) is 22.3 Å². The molecule has 0 saturated heterocycles. The van der Waals surface area contributed by atoms with E-state index < -0.39 is 35.8 Å². The van der Waals surface area contributed by atoms with E-state index in [1.807, 2.05) is 81.4 Å². The molecule has 1 unspecified atom stereocenters. The van der Waals surface area contributed by atoms with Crippen molar-refractivity contribution in [3.05, 3.63) is 118 Å². The highest BCUT2D eigenvalue weighted by Gasteiger charge is 2.36. The molecule has 4 bridgehead atoms. The highest BCUT2D eigenvalue weighted by Crippen LogP contribution is 2.35. The van der Waals surface area contributed by atoms with Gasteiger partial charge in [0, 0.05) is 56.6 Å². The topological polar surface area (TPSA) is 127 Å². The quantitative estimate of drug-likeness (QED) is 0.0599. The Balaban J connectivity index is 1.35. The number of nitrogens with one attached hydrogen (secondary N) is 1. The van der Waals surface area contributed by atoms with Gasteiger partial charge in [-0.2, -0.15) is 0 Å². The van der Waals surface area contributed by atoms with Crippen molar-refractivity contribution in [2.24, 2.45) is 17.8 Å². The number of aryl methyl sites for hydroxylation is 3. The summed E-state index contributed by atoms with van der Waals surface area (Å²) in [5, 5.41) is 2.82. The number of hydrogen-bond acceptors (Lipinski definition) is 7. The lowest BCUT2D eigenvalue weighted by Gasteiger charge is -2.32. The van der Waals surface area contributed by atoms with Crippen molar-refractivity contribution in [3.63, 3.8) is 0 Å². The van der Waals surface area contributed by atoms with Gasteiger partial charge in [-0.05, 0) is 95.2 Å². The van der Waals surface area contributed by atoms with Crippen LogP contribution in [0.4, 0.5) is 0 Å². The number of ether oxygens (including phenoxy) is 1. The largest absolute Gasteiger partial charge is 0.467 e. The molecule has 4 aromatic rings. The molecule has 5 atom stereocenters. The van der Waals surface area contributed by atoms with Crippen molar-refractivity contribution in [1.29, 1.82) is 0 Å². The number of unbranched alkanes of at least 4 members (excludes halogenated alkanes) is 3. The Bertz CT molecular complexity index is 2280. The molecule has 1 heterocycles. The number of Topliss-reactive ketones (excluding diaryl/α,β-unsaturated/α-hetero) is 3. The molecular weight excluding hydrogens is 801 g/mol. The van der Waals surface area contributed by atoms with E-state index in [2.05, 4.69) is 43.4 Å². The van der Waals surface area contributed by atoms with E-state index in [-0.39, 0.29) is 61.3 Å². The third kappa shape index (κ3) is 13.0. The number of carbonyl (C=O) groups excluding carboxylic acids is 6. The number of rotatable bonds is 18. The van der Waals surface area contributed by atoms with Gasteiger partial charge in [0.05, 0.1) is 7.11 Å². The fourth-order valence-corrected chi connectivity index (χ4v) is 8.92. The van der Waals surface area contributed by atoms with Crippen molar-refractivity contribution in [2.45, 2.75) is 131 Å². The molecule has 0 aromatic heterocycles. The van der Waals surface area contributed by atoms with Crippen LogP contribution in [0.5, 0.6) is 0 Å². The van der Waals surface area contributed by atoms with Gasteiger partial charge >= 0.3 is 5.97 Å². The first-order valence-electron chi connectivity index (χ1n) is 23.3. The molecule has 0 fully saturated rings.